The zero-order chi connectivity index (χ0) is 15.8. The van der Waals surface area contributed by atoms with Crippen LogP contribution < -0.4 is 9.80 Å². The molecule has 0 saturated heterocycles. The van der Waals surface area contributed by atoms with Crippen molar-refractivity contribution in [2.24, 2.45) is 0 Å². The second-order valence-electron chi connectivity index (χ2n) is 5.84. The monoisotopic (exact) mass is 301 g/mol. The van der Waals surface area contributed by atoms with E-state index in [1.807, 2.05) is 18.3 Å². The van der Waals surface area contributed by atoms with E-state index in [2.05, 4.69) is 83.2 Å². The van der Waals surface area contributed by atoms with Gasteiger partial charge < -0.3 is 9.80 Å². The fourth-order valence-electron chi connectivity index (χ4n) is 3.35. The number of benzene rings is 2. The Morgan fingerprint density at radius 2 is 1.48 bits per heavy atom. The molecule has 4 rings (SSSR count). The van der Waals surface area contributed by atoms with E-state index in [-0.39, 0.29) is 6.17 Å². The Morgan fingerprint density at radius 3 is 2.26 bits per heavy atom. The van der Waals surface area contributed by atoms with Crippen molar-refractivity contribution in [2.45, 2.75) is 20.0 Å². The third kappa shape index (κ3) is 2.16. The van der Waals surface area contributed by atoms with Gasteiger partial charge in [0, 0.05) is 17.6 Å². The van der Waals surface area contributed by atoms with Gasteiger partial charge in [0.1, 0.15) is 6.17 Å². The number of para-hydroxylation sites is 2. The molecule has 0 N–H and O–H groups in total. The predicted molar refractivity (Wildman–Crippen MR) is 95.6 cm³/mol. The number of rotatable bonds is 2. The Hall–Kier alpha value is -2.81. The molecule has 1 aliphatic rings. The number of fused-ring (bicyclic) bond motifs is 1. The number of aryl methyl sites for hydroxylation is 1. The third-order valence-electron chi connectivity index (χ3n) is 4.41. The fraction of sp³-hybridized carbons (Fsp3) is 0.150. The summed E-state index contributed by atoms with van der Waals surface area (Å²) < 4.78 is 0. The van der Waals surface area contributed by atoms with Crippen molar-refractivity contribution < 1.29 is 0 Å². The van der Waals surface area contributed by atoms with Gasteiger partial charge in [-0.2, -0.15) is 0 Å². The first-order chi connectivity index (χ1) is 11.3. The minimum absolute atomic E-state index is 0.170. The average Bonchev–Trinajstić information content (AvgIpc) is 2.88. The molecule has 0 spiro atoms. The minimum atomic E-state index is 0.170. The second-order valence-corrected chi connectivity index (χ2v) is 5.84. The predicted octanol–water partition coefficient (Wildman–Crippen LogP) is 5.03. The molecule has 1 atom stereocenters. The molecule has 114 valence electrons. The minimum Gasteiger partial charge on any atom is -0.317 e. The SMILES string of the molecule is Cc1ccccc1N1c2ncccc2N(c2ccccc2)C1C. The van der Waals surface area contributed by atoms with Gasteiger partial charge in [-0.25, -0.2) is 4.98 Å². The van der Waals surface area contributed by atoms with Gasteiger partial charge in [0.15, 0.2) is 5.82 Å². The van der Waals surface area contributed by atoms with Crippen LogP contribution in [0.3, 0.4) is 0 Å². The lowest BCUT2D eigenvalue weighted by Crippen LogP contribution is -2.35. The van der Waals surface area contributed by atoms with Crippen LogP contribution in [0.5, 0.6) is 0 Å². The number of aromatic nitrogens is 1. The van der Waals surface area contributed by atoms with E-state index in [4.69, 9.17) is 0 Å². The Kier molecular flexibility index (Phi) is 3.27. The van der Waals surface area contributed by atoms with Crippen molar-refractivity contribution in [3.63, 3.8) is 0 Å². The van der Waals surface area contributed by atoms with Gasteiger partial charge in [-0.3, -0.25) is 0 Å². The lowest BCUT2D eigenvalue weighted by molar-refractivity contribution is 0.755. The standard InChI is InChI=1S/C20H19N3/c1-15-9-6-7-12-18(15)23-16(2)22(17-10-4-3-5-11-17)19-13-8-14-21-20(19)23/h3-14,16H,1-2H3. The summed E-state index contributed by atoms with van der Waals surface area (Å²) in [6.07, 6.45) is 2.04. The molecule has 0 radical (unpaired) electrons. The largest absolute Gasteiger partial charge is 0.317 e. The molecule has 0 amide bonds. The molecule has 1 aromatic heterocycles. The van der Waals surface area contributed by atoms with E-state index in [0.717, 1.165) is 11.5 Å². The maximum Gasteiger partial charge on any atom is 0.158 e. The number of anilines is 4. The lowest BCUT2D eigenvalue weighted by atomic mass is 10.2. The topological polar surface area (TPSA) is 19.4 Å². The van der Waals surface area contributed by atoms with E-state index in [1.54, 1.807) is 0 Å². The molecule has 0 saturated carbocycles. The molecule has 23 heavy (non-hydrogen) atoms. The number of nitrogens with zero attached hydrogens (tertiary/aromatic N) is 3. The lowest BCUT2D eigenvalue weighted by Gasteiger charge is -2.30. The smallest absolute Gasteiger partial charge is 0.158 e. The second kappa shape index (κ2) is 5.43. The maximum absolute atomic E-state index is 4.67. The zero-order valence-electron chi connectivity index (χ0n) is 13.3. The molecule has 2 aromatic carbocycles. The summed E-state index contributed by atoms with van der Waals surface area (Å²) >= 11 is 0. The first-order valence-corrected chi connectivity index (χ1v) is 7.91. The Balaban J connectivity index is 1.89. The van der Waals surface area contributed by atoms with E-state index < -0.39 is 0 Å². The highest BCUT2D eigenvalue weighted by Crippen LogP contribution is 2.46. The van der Waals surface area contributed by atoms with Crippen molar-refractivity contribution in [1.29, 1.82) is 0 Å². The van der Waals surface area contributed by atoms with Gasteiger partial charge in [0.05, 0.1) is 5.69 Å². The van der Waals surface area contributed by atoms with E-state index >= 15 is 0 Å². The molecule has 3 nitrogen and oxygen atoms in total. The van der Waals surface area contributed by atoms with Crippen LogP contribution in [0.25, 0.3) is 0 Å². The molecule has 0 bridgehead atoms. The molecular weight excluding hydrogens is 282 g/mol. The Morgan fingerprint density at radius 1 is 0.783 bits per heavy atom. The summed E-state index contributed by atoms with van der Waals surface area (Å²) in [6.45, 7) is 4.37. The van der Waals surface area contributed by atoms with Crippen molar-refractivity contribution in [3.8, 4) is 0 Å². The molecule has 1 unspecified atom stereocenters. The number of pyridine rings is 1. The van der Waals surface area contributed by atoms with Crippen LogP contribution in [0.1, 0.15) is 12.5 Å². The van der Waals surface area contributed by atoms with Gasteiger partial charge >= 0.3 is 0 Å². The average molecular weight is 301 g/mol. The summed E-state index contributed by atoms with van der Waals surface area (Å²) in [5, 5.41) is 0. The Bertz CT molecular complexity index is 829. The summed E-state index contributed by atoms with van der Waals surface area (Å²) in [5.74, 6) is 1.01. The van der Waals surface area contributed by atoms with Crippen LogP contribution in [-0.2, 0) is 0 Å². The van der Waals surface area contributed by atoms with Gasteiger partial charge in [0.25, 0.3) is 0 Å². The fourth-order valence-corrected chi connectivity index (χ4v) is 3.35. The number of hydrogen-bond donors (Lipinski definition) is 0. The van der Waals surface area contributed by atoms with Crippen LogP contribution in [0.4, 0.5) is 22.9 Å². The van der Waals surface area contributed by atoms with Crippen LogP contribution in [0, 0.1) is 6.92 Å². The van der Waals surface area contributed by atoms with Gasteiger partial charge in [-0.1, -0.05) is 36.4 Å². The molecule has 2 heterocycles. The highest BCUT2D eigenvalue weighted by atomic mass is 15.4. The molecule has 1 aliphatic heterocycles. The van der Waals surface area contributed by atoms with E-state index in [1.165, 1.54) is 16.9 Å². The molecular formula is C20H19N3. The van der Waals surface area contributed by atoms with Crippen LogP contribution in [0.15, 0.2) is 72.9 Å². The van der Waals surface area contributed by atoms with Crippen LogP contribution in [-0.4, -0.2) is 11.1 Å². The molecule has 3 heteroatoms. The molecule has 3 aromatic rings. The van der Waals surface area contributed by atoms with Gasteiger partial charge in [-0.05, 0) is 49.7 Å². The summed E-state index contributed by atoms with van der Waals surface area (Å²) in [6, 6.07) is 23.1. The quantitative estimate of drug-likeness (QED) is 0.662. The van der Waals surface area contributed by atoms with Gasteiger partial charge in [-0.15, -0.1) is 0 Å². The van der Waals surface area contributed by atoms with Crippen molar-refractivity contribution >= 4 is 22.9 Å². The number of hydrogen-bond acceptors (Lipinski definition) is 3. The highest BCUT2D eigenvalue weighted by molar-refractivity contribution is 5.86. The zero-order valence-corrected chi connectivity index (χ0v) is 13.3. The van der Waals surface area contributed by atoms with Crippen LogP contribution >= 0.6 is 0 Å². The third-order valence-corrected chi connectivity index (χ3v) is 4.41. The van der Waals surface area contributed by atoms with Crippen molar-refractivity contribution in [1.82, 2.24) is 4.98 Å². The van der Waals surface area contributed by atoms with Crippen molar-refractivity contribution in [2.75, 3.05) is 9.80 Å². The Labute approximate surface area is 136 Å². The summed E-state index contributed by atoms with van der Waals surface area (Å²) in [7, 11) is 0. The van der Waals surface area contributed by atoms with Crippen molar-refractivity contribution in [3.05, 3.63) is 78.5 Å². The van der Waals surface area contributed by atoms with E-state index in [9.17, 15) is 0 Å². The highest BCUT2D eigenvalue weighted by Gasteiger charge is 2.36. The molecule has 0 aliphatic carbocycles. The summed E-state index contributed by atoms with van der Waals surface area (Å²) in [4.78, 5) is 9.33. The normalized spacial score (nSPS) is 16.5. The van der Waals surface area contributed by atoms with E-state index in [0.29, 0.717) is 0 Å². The van der Waals surface area contributed by atoms with Crippen LogP contribution in [0.2, 0.25) is 0 Å². The first-order valence-electron chi connectivity index (χ1n) is 7.91. The maximum atomic E-state index is 4.67. The van der Waals surface area contributed by atoms with Gasteiger partial charge in [0.2, 0.25) is 0 Å². The molecule has 0 fully saturated rings. The first kappa shape index (κ1) is 13.8. The summed E-state index contributed by atoms with van der Waals surface area (Å²) in [5.41, 5.74) is 4.80.